The lowest BCUT2D eigenvalue weighted by molar-refractivity contribution is -0.117. The van der Waals surface area contributed by atoms with Crippen LogP contribution in [-0.2, 0) is 4.79 Å². The number of aromatic carboxylic acids is 1. The number of amides is 1. The van der Waals surface area contributed by atoms with Gasteiger partial charge in [0.2, 0.25) is 5.91 Å². The summed E-state index contributed by atoms with van der Waals surface area (Å²) in [6.07, 6.45) is 4.27. The number of carboxylic acid groups (broad SMARTS) is 1. The first-order valence-electron chi connectivity index (χ1n) is 4.31. The molecule has 5 N–H and O–H groups in total. The zero-order chi connectivity index (χ0) is 12.1. The molecule has 1 aromatic heterocycles. The number of primary amides is 1. The first-order valence-corrected chi connectivity index (χ1v) is 4.31. The quantitative estimate of drug-likeness (QED) is 0.637. The van der Waals surface area contributed by atoms with Crippen molar-refractivity contribution in [1.29, 1.82) is 0 Å². The molecule has 0 saturated heterocycles. The molecule has 1 amide bonds. The second-order valence-electron chi connectivity index (χ2n) is 2.91. The van der Waals surface area contributed by atoms with Gasteiger partial charge in [-0.25, -0.2) is 14.8 Å². The van der Waals surface area contributed by atoms with Crippen LogP contribution in [0.3, 0.4) is 0 Å². The largest absolute Gasteiger partial charge is 0.476 e. The van der Waals surface area contributed by atoms with Crippen LogP contribution in [0.4, 0.5) is 5.82 Å². The van der Waals surface area contributed by atoms with Gasteiger partial charge in [0.15, 0.2) is 11.5 Å². The lowest BCUT2D eigenvalue weighted by Crippen LogP contribution is -2.09. The van der Waals surface area contributed by atoms with Crippen LogP contribution in [0, 0.1) is 0 Å². The summed E-state index contributed by atoms with van der Waals surface area (Å²) < 4.78 is 0. The summed E-state index contributed by atoms with van der Waals surface area (Å²) in [4.78, 5) is 28.5. The maximum atomic E-state index is 10.7. The van der Waals surface area contributed by atoms with Gasteiger partial charge in [-0.3, -0.25) is 4.79 Å². The van der Waals surface area contributed by atoms with E-state index in [4.69, 9.17) is 16.6 Å². The van der Waals surface area contributed by atoms with Crippen molar-refractivity contribution in [3.8, 4) is 0 Å². The molecule has 0 bridgehead atoms. The Morgan fingerprint density at radius 3 is 2.75 bits per heavy atom. The van der Waals surface area contributed by atoms with Gasteiger partial charge in [-0.15, -0.1) is 0 Å². The molecule has 0 saturated carbocycles. The van der Waals surface area contributed by atoms with E-state index >= 15 is 0 Å². The molecule has 1 heterocycles. The van der Waals surface area contributed by atoms with Crippen molar-refractivity contribution >= 4 is 23.8 Å². The van der Waals surface area contributed by atoms with E-state index in [0.29, 0.717) is 5.69 Å². The summed E-state index contributed by atoms with van der Waals surface area (Å²) >= 11 is 0. The Morgan fingerprint density at radius 2 is 2.19 bits per heavy atom. The third-order valence-corrected chi connectivity index (χ3v) is 1.63. The van der Waals surface area contributed by atoms with Crippen molar-refractivity contribution in [2.45, 2.75) is 6.42 Å². The molecule has 0 unspecified atom stereocenters. The molecule has 0 spiro atoms. The molecule has 7 heteroatoms. The summed E-state index contributed by atoms with van der Waals surface area (Å²) in [5.41, 5.74) is 10.2. The number of hydrogen-bond donors (Lipinski definition) is 3. The predicted molar refractivity (Wildman–Crippen MR) is 56.2 cm³/mol. The summed E-state index contributed by atoms with van der Waals surface area (Å²) in [6.45, 7) is 0. The standard InChI is InChI=1S/C9H10N4O3/c10-6(14)3-1-2-5-4-12-8(11)7(13-5)9(15)16/h1-2,4H,3H2,(H2,10,14)(H2,11,12)(H,15,16). The number of carbonyl (C=O) groups excluding carboxylic acids is 1. The average Bonchev–Trinajstić information content (AvgIpc) is 2.19. The van der Waals surface area contributed by atoms with Gasteiger partial charge < -0.3 is 16.6 Å². The van der Waals surface area contributed by atoms with Gasteiger partial charge in [0.1, 0.15) is 0 Å². The first-order chi connectivity index (χ1) is 7.50. The Morgan fingerprint density at radius 1 is 1.50 bits per heavy atom. The van der Waals surface area contributed by atoms with Crippen LogP contribution in [0.15, 0.2) is 12.3 Å². The molecule has 1 rings (SSSR count). The molecular formula is C9H10N4O3. The predicted octanol–water partition coefficient (Wildman–Crippen LogP) is -0.354. The number of carboxylic acids is 1. The lowest BCUT2D eigenvalue weighted by atomic mass is 10.3. The number of nitrogens with two attached hydrogens (primary N) is 2. The van der Waals surface area contributed by atoms with Gasteiger partial charge in [0.05, 0.1) is 11.9 Å². The minimum Gasteiger partial charge on any atom is -0.476 e. The van der Waals surface area contributed by atoms with E-state index < -0.39 is 11.9 Å². The second-order valence-corrected chi connectivity index (χ2v) is 2.91. The summed E-state index contributed by atoms with van der Waals surface area (Å²) in [7, 11) is 0. The maximum Gasteiger partial charge on any atom is 0.358 e. The fraction of sp³-hybridized carbons (Fsp3) is 0.111. The molecule has 84 valence electrons. The highest BCUT2D eigenvalue weighted by molar-refractivity contribution is 5.90. The normalized spacial score (nSPS) is 10.5. The maximum absolute atomic E-state index is 10.7. The Kier molecular flexibility index (Phi) is 3.54. The Balaban J connectivity index is 2.91. The van der Waals surface area contributed by atoms with E-state index in [1.807, 2.05) is 0 Å². The van der Waals surface area contributed by atoms with Crippen LogP contribution in [0.25, 0.3) is 6.08 Å². The molecule has 0 aliphatic carbocycles. The van der Waals surface area contributed by atoms with Gasteiger partial charge in [0, 0.05) is 6.42 Å². The highest BCUT2D eigenvalue weighted by atomic mass is 16.4. The summed E-state index contributed by atoms with van der Waals surface area (Å²) in [6, 6.07) is 0. The van der Waals surface area contributed by atoms with E-state index in [2.05, 4.69) is 9.97 Å². The smallest absolute Gasteiger partial charge is 0.358 e. The van der Waals surface area contributed by atoms with Gasteiger partial charge in [-0.05, 0) is 6.08 Å². The number of rotatable bonds is 4. The third-order valence-electron chi connectivity index (χ3n) is 1.63. The highest BCUT2D eigenvalue weighted by Crippen LogP contribution is 2.07. The summed E-state index contributed by atoms with van der Waals surface area (Å²) in [5.74, 6) is -1.90. The molecule has 0 aliphatic rings. The molecule has 7 nitrogen and oxygen atoms in total. The van der Waals surface area contributed by atoms with Gasteiger partial charge in [-0.1, -0.05) is 6.08 Å². The fourth-order valence-electron chi connectivity index (χ4n) is 0.946. The minimum atomic E-state index is -1.25. The number of nitrogens with zero attached hydrogens (tertiary/aromatic N) is 2. The number of anilines is 1. The van der Waals surface area contributed by atoms with Crippen molar-refractivity contribution in [3.05, 3.63) is 23.7 Å². The first kappa shape index (κ1) is 11.6. The fourth-order valence-corrected chi connectivity index (χ4v) is 0.946. The van der Waals surface area contributed by atoms with E-state index in [9.17, 15) is 9.59 Å². The van der Waals surface area contributed by atoms with Crippen molar-refractivity contribution in [2.24, 2.45) is 5.73 Å². The number of hydrogen-bond acceptors (Lipinski definition) is 5. The summed E-state index contributed by atoms with van der Waals surface area (Å²) in [5, 5.41) is 8.72. The molecule has 0 aromatic carbocycles. The van der Waals surface area contributed by atoms with E-state index in [1.54, 1.807) is 0 Å². The van der Waals surface area contributed by atoms with Crippen molar-refractivity contribution < 1.29 is 14.7 Å². The van der Waals surface area contributed by atoms with Gasteiger partial charge >= 0.3 is 5.97 Å². The van der Waals surface area contributed by atoms with Crippen LogP contribution in [0.5, 0.6) is 0 Å². The van der Waals surface area contributed by atoms with Crippen LogP contribution in [-0.4, -0.2) is 27.0 Å². The Bertz CT molecular complexity index is 456. The van der Waals surface area contributed by atoms with Gasteiger partial charge in [0.25, 0.3) is 0 Å². The monoisotopic (exact) mass is 222 g/mol. The Hall–Kier alpha value is -2.44. The second kappa shape index (κ2) is 4.87. The number of carbonyl (C=O) groups is 2. The van der Waals surface area contributed by atoms with E-state index in [1.165, 1.54) is 18.3 Å². The average molecular weight is 222 g/mol. The zero-order valence-corrected chi connectivity index (χ0v) is 8.25. The van der Waals surface area contributed by atoms with Gasteiger partial charge in [-0.2, -0.15) is 0 Å². The van der Waals surface area contributed by atoms with Crippen molar-refractivity contribution in [3.63, 3.8) is 0 Å². The van der Waals surface area contributed by atoms with Crippen molar-refractivity contribution in [1.82, 2.24) is 9.97 Å². The topological polar surface area (TPSA) is 132 Å². The van der Waals surface area contributed by atoms with E-state index in [-0.39, 0.29) is 17.9 Å². The van der Waals surface area contributed by atoms with Crippen molar-refractivity contribution in [2.75, 3.05) is 5.73 Å². The van der Waals surface area contributed by atoms with Crippen LogP contribution in [0.2, 0.25) is 0 Å². The zero-order valence-electron chi connectivity index (χ0n) is 8.25. The van der Waals surface area contributed by atoms with E-state index in [0.717, 1.165) is 0 Å². The Labute approximate surface area is 90.8 Å². The minimum absolute atomic E-state index is 0.0501. The lowest BCUT2D eigenvalue weighted by Gasteiger charge is -1.99. The molecule has 0 atom stereocenters. The molecule has 0 fully saturated rings. The third kappa shape index (κ3) is 3.05. The molecular weight excluding hydrogens is 212 g/mol. The molecule has 1 aromatic rings. The van der Waals surface area contributed by atoms with Crippen LogP contribution < -0.4 is 11.5 Å². The number of nitrogen functional groups attached to an aromatic ring is 1. The molecule has 0 aliphatic heterocycles. The van der Waals surface area contributed by atoms with Crippen LogP contribution in [0.1, 0.15) is 22.6 Å². The molecule has 16 heavy (non-hydrogen) atoms. The molecule has 0 radical (unpaired) electrons. The SMILES string of the molecule is NC(=O)CC=Cc1cnc(N)c(C(=O)O)n1. The number of aromatic nitrogens is 2. The highest BCUT2D eigenvalue weighted by Gasteiger charge is 2.10. The van der Waals surface area contributed by atoms with Crippen LogP contribution >= 0.6 is 0 Å².